The van der Waals surface area contributed by atoms with Crippen LogP contribution >= 0.6 is 0 Å². The van der Waals surface area contributed by atoms with Crippen LogP contribution in [0.2, 0.25) is 0 Å². The van der Waals surface area contributed by atoms with Gasteiger partial charge in [-0.3, -0.25) is 10.8 Å². The van der Waals surface area contributed by atoms with Crippen molar-refractivity contribution in [2.24, 2.45) is 11.5 Å². The van der Waals surface area contributed by atoms with E-state index in [4.69, 9.17) is 31.8 Å². The molecule has 0 fully saturated rings. The summed E-state index contributed by atoms with van der Waals surface area (Å²) in [6, 6.07) is 21.2. The maximum absolute atomic E-state index is 7.38. The second-order valence-electron chi connectivity index (χ2n) is 5.55. The summed E-state index contributed by atoms with van der Waals surface area (Å²) < 4.78 is 11.5. The number of nitrogens with two attached hydrogens (primary N) is 2. The highest BCUT2D eigenvalue weighted by Crippen LogP contribution is 2.27. The van der Waals surface area contributed by atoms with E-state index in [9.17, 15) is 0 Å². The molecule has 0 saturated heterocycles. The number of hydrogen-bond acceptors (Lipinski definition) is 4. The fourth-order valence-corrected chi connectivity index (χ4v) is 2.25. The van der Waals surface area contributed by atoms with E-state index in [2.05, 4.69) is 0 Å². The Morgan fingerprint density at radius 3 is 0.962 bits per heavy atom. The topological polar surface area (TPSA) is 118 Å². The molecule has 6 N–H and O–H groups in total. The van der Waals surface area contributed by atoms with Crippen molar-refractivity contribution in [3.63, 3.8) is 0 Å². The third-order valence-electron chi connectivity index (χ3n) is 3.63. The molecule has 0 aliphatic carbocycles. The predicted molar refractivity (Wildman–Crippen MR) is 102 cm³/mol. The van der Waals surface area contributed by atoms with Gasteiger partial charge in [0.1, 0.15) is 34.7 Å². The molecule has 0 bridgehead atoms. The molecule has 3 aromatic rings. The van der Waals surface area contributed by atoms with Crippen molar-refractivity contribution in [3.05, 3.63) is 83.9 Å². The van der Waals surface area contributed by atoms with Gasteiger partial charge in [-0.1, -0.05) is 0 Å². The van der Waals surface area contributed by atoms with Crippen molar-refractivity contribution in [3.8, 4) is 23.0 Å². The Bertz CT molecular complexity index is 839. The number of rotatable bonds is 6. The third kappa shape index (κ3) is 4.18. The number of amidine groups is 2. The molecule has 0 aliphatic rings. The van der Waals surface area contributed by atoms with E-state index >= 15 is 0 Å². The Labute approximate surface area is 151 Å². The first kappa shape index (κ1) is 17.0. The lowest BCUT2D eigenvalue weighted by molar-refractivity contribution is 0.469. The number of nitrogen functional groups attached to an aromatic ring is 2. The molecular weight excluding hydrogens is 328 g/mol. The van der Waals surface area contributed by atoms with Crippen LogP contribution in [0.25, 0.3) is 0 Å². The third-order valence-corrected chi connectivity index (χ3v) is 3.63. The van der Waals surface area contributed by atoms with E-state index in [0.29, 0.717) is 34.1 Å². The molecule has 0 spiro atoms. The molecule has 0 heterocycles. The Kier molecular flexibility index (Phi) is 4.85. The van der Waals surface area contributed by atoms with Crippen molar-refractivity contribution in [1.82, 2.24) is 0 Å². The standard InChI is InChI=1S/C20H18N4O2/c21-19(22)13-1-5-15(6-2-13)25-17-9-11-18(12-10-17)26-16-7-3-14(4-8-16)20(23)24/h1-12H,(H3,21,22)(H3,23,24). The molecule has 0 saturated carbocycles. The summed E-state index contributed by atoms with van der Waals surface area (Å²) >= 11 is 0. The number of hydrogen-bond donors (Lipinski definition) is 4. The van der Waals surface area contributed by atoms with E-state index in [0.717, 1.165) is 0 Å². The molecule has 0 radical (unpaired) electrons. The molecule has 6 heteroatoms. The lowest BCUT2D eigenvalue weighted by atomic mass is 10.2. The molecule has 3 rings (SSSR count). The minimum absolute atomic E-state index is 0.0226. The van der Waals surface area contributed by atoms with Crippen molar-refractivity contribution in [2.75, 3.05) is 0 Å². The van der Waals surface area contributed by atoms with Crippen LogP contribution in [0.4, 0.5) is 0 Å². The van der Waals surface area contributed by atoms with Crippen LogP contribution in [0.5, 0.6) is 23.0 Å². The van der Waals surface area contributed by atoms with Gasteiger partial charge in [-0.25, -0.2) is 0 Å². The molecule has 6 nitrogen and oxygen atoms in total. The second-order valence-corrected chi connectivity index (χ2v) is 5.55. The zero-order valence-corrected chi connectivity index (χ0v) is 13.9. The maximum Gasteiger partial charge on any atom is 0.127 e. The summed E-state index contributed by atoms with van der Waals surface area (Å²) in [5.74, 6) is 2.69. The Hall–Kier alpha value is -3.80. The van der Waals surface area contributed by atoms with Crippen LogP contribution in [0.3, 0.4) is 0 Å². The molecule has 0 aliphatic heterocycles. The average Bonchev–Trinajstić information content (AvgIpc) is 2.64. The van der Waals surface area contributed by atoms with E-state index < -0.39 is 0 Å². The van der Waals surface area contributed by atoms with Gasteiger partial charge < -0.3 is 20.9 Å². The SMILES string of the molecule is N=C(N)c1ccc(Oc2ccc(Oc3ccc(C(=N)N)cc3)cc2)cc1. The van der Waals surface area contributed by atoms with Gasteiger partial charge in [0.05, 0.1) is 0 Å². The van der Waals surface area contributed by atoms with Crippen LogP contribution in [0.15, 0.2) is 72.8 Å². The van der Waals surface area contributed by atoms with Crippen LogP contribution < -0.4 is 20.9 Å². The summed E-state index contributed by atoms with van der Waals surface area (Å²) in [7, 11) is 0. The van der Waals surface area contributed by atoms with Crippen LogP contribution in [-0.2, 0) is 0 Å². The van der Waals surface area contributed by atoms with Gasteiger partial charge in [-0.2, -0.15) is 0 Å². The predicted octanol–water partition coefficient (Wildman–Crippen LogP) is 3.84. The number of ether oxygens (including phenoxy) is 2. The first-order valence-electron chi connectivity index (χ1n) is 7.86. The molecule has 0 unspecified atom stereocenters. The Morgan fingerprint density at radius 1 is 0.500 bits per heavy atom. The summed E-state index contributed by atoms with van der Waals surface area (Å²) in [6.45, 7) is 0. The van der Waals surface area contributed by atoms with Gasteiger partial charge in [0.15, 0.2) is 0 Å². The van der Waals surface area contributed by atoms with Gasteiger partial charge in [-0.15, -0.1) is 0 Å². The lowest BCUT2D eigenvalue weighted by Crippen LogP contribution is -2.10. The van der Waals surface area contributed by atoms with Crippen LogP contribution in [0.1, 0.15) is 11.1 Å². The fourth-order valence-electron chi connectivity index (χ4n) is 2.25. The highest BCUT2D eigenvalue weighted by molar-refractivity contribution is 5.95. The van der Waals surface area contributed by atoms with Gasteiger partial charge in [0.25, 0.3) is 0 Å². The molecule has 0 aromatic heterocycles. The van der Waals surface area contributed by atoms with Gasteiger partial charge in [0.2, 0.25) is 0 Å². The molecule has 130 valence electrons. The molecule has 3 aromatic carbocycles. The van der Waals surface area contributed by atoms with Gasteiger partial charge in [0, 0.05) is 11.1 Å². The zero-order chi connectivity index (χ0) is 18.5. The minimum atomic E-state index is 0.0226. The van der Waals surface area contributed by atoms with Crippen LogP contribution in [0, 0.1) is 10.8 Å². The highest BCUT2D eigenvalue weighted by Gasteiger charge is 2.02. The highest BCUT2D eigenvalue weighted by atomic mass is 16.5. The fraction of sp³-hybridized carbons (Fsp3) is 0. The molecular formula is C20H18N4O2. The van der Waals surface area contributed by atoms with Crippen molar-refractivity contribution < 1.29 is 9.47 Å². The van der Waals surface area contributed by atoms with Crippen LogP contribution in [-0.4, -0.2) is 11.7 Å². The smallest absolute Gasteiger partial charge is 0.127 e. The van der Waals surface area contributed by atoms with Gasteiger partial charge in [-0.05, 0) is 72.8 Å². The summed E-state index contributed by atoms with van der Waals surface area (Å²) in [5, 5.41) is 14.8. The summed E-state index contributed by atoms with van der Waals surface area (Å²) in [5.41, 5.74) is 12.2. The summed E-state index contributed by atoms with van der Waals surface area (Å²) in [6.07, 6.45) is 0. The van der Waals surface area contributed by atoms with E-state index in [1.807, 2.05) is 0 Å². The first-order chi connectivity index (χ1) is 12.5. The van der Waals surface area contributed by atoms with Crippen molar-refractivity contribution in [2.45, 2.75) is 0 Å². The van der Waals surface area contributed by atoms with Gasteiger partial charge >= 0.3 is 0 Å². The number of benzene rings is 3. The number of nitrogens with one attached hydrogen (secondary N) is 2. The Balaban J connectivity index is 1.64. The normalized spacial score (nSPS) is 10.2. The molecule has 26 heavy (non-hydrogen) atoms. The quantitative estimate of drug-likeness (QED) is 0.400. The average molecular weight is 346 g/mol. The summed E-state index contributed by atoms with van der Waals surface area (Å²) in [4.78, 5) is 0. The lowest BCUT2D eigenvalue weighted by Gasteiger charge is -2.09. The van der Waals surface area contributed by atoms with E-state index in [-0.39, 0.29) is 11.7 Å². The first-order valence-corrected chi connectivity index (χ1v) is 7.86. The minimum Gasteiger partial charge on any atom is -0.457 e. The van der Waals surface area contributed by atoms with E-state index in [1.54, 1.807) is 72.8 Å². The zero-order valence-electron chi connectivity index (χ0n) is 13.9. The molecule has 0 amide bonds. The molecule has 0 atom stereocenters. The monoisotopic (exact) mass is 346 g/mol. The Morgan fingerprint density at radius 2 is 0.731 bits per heavy atom. The van der Waals surface area contributed by atoms with Crippen molar-refractivity contribution >= 4 is 11.7 Å². The second kappa shape index (κ2) is 7.40. The van der Waals surface area contributed by atoms with E-state index in [1.165, 1.54) is 0 Å². The van der Waals surface area contributed by atoms with Crippen molar-refractivity contribution in [1.29, 1.82) is 10.8 Å². The maximum atomic E-state index is 7.38. The largest absolute Gasteiger partial charge is 0.457 e.